The van der Waals surface area contributed by atoms with Gasteiger partial charge in [0.2, 0.25) is 5.69 Å². The van der Waals surface area contributed by atoms with E-state index in [-0.39, 0.29) is 80.0 Å². The first-order chi connectivity index (χ1) is 27.3. The molecule has 1 aliphatic rings. The Morgan fingerprint density at radius 2 is 1.43 bits per heavy atom. The van der Waals surface area contributed by atoms with E-state index < -0.39 is 23.6 Å². The number of pyridine rings is 2. The summed E-state index contributed by atoms with van der Waals surface area (Å²) in [5.41, 5.74) is 3.60. The fraction of sp³-hybridized carbons (Fsp3) is 0.271. The van der Waals surface area contributed by atoms with E-state index in [9.17, 15) is 0 Å². The number of alkyl halides is 2. The molecule has 0 bridgehead atoms. The van der Waals surface area contributed by atoms with Crippen molar-refractivity contribution in [1.29, 1.82) is 0 Å². The first kappa shape index (κ1) is 35.3. The fourth-order valence-electron chi connectivity index (χ4n) is 7.19. The molecule has 0 spiro atoms. The van der Waals surface area contributed by atoms with Crippen molar-refractivity contribution in [2.45, 2.75) is 85.5 Å². The molecule has 8 rings (SSSR count). The molecule has 1 aliphatic heterocycles. The van der Waals surface area contributed by atoms with Crippen molar-refractivity contribution in [2.24, 2.45) is 0 Å². The third-order valence-electron chi connectivity index (χ3n) is 10.0. The molecule has 0 N–H and O–H groups in total. The van der Waals surface area contributed by atoms with Gasteiger partial charge in [0.15, 0.2) is 0 Å². The van der Waals surface area contributed by atoms with Gasteiger partial charge in [-0.15, -0.1) is 11.5 Å². The molecule has 8 heteroatoms. The predicted molar refractivity (Wildman–Crippen MR) is 222 cm³/mol. The van der Waals surface area contributed by atoms with Crippen LogP contribution in [-0.4, -0.2) is 20.5 Å². The van der Waals surface area contributed by atoms with Crippen LogP contribution in [0.15, 0.2) is 109 Å². The molecule has 4 heterocycles. The first-order valence-corrected chi connectivity index (χ1v) is 18.1. The van der Waals surface area contributed by atoms with Crippen molar-refractivity contribution in [3.63, 3.8) is 0 Å². The van der Waals surface area contributed by atoms with Crippen LogP contribution in [0.1, 0.15) is 102 Å². The summed E-state index contributed by atoms with van der Waals surface area (Å²) in [6.07, 6.45) is 5.09. The van der Waals surface area contributed by atoms with E-state index in [2.05, 4.69) is 83.5 Å². The van der Waals surface area contributed by atoms with Crippen molar-refractivity contribution >= 4 is 50.6 Å². The van der Waals surface area contributed by atoms with E-state index in [1.165, 1.54) is 22.8 Å². The Balaban J connectivity index is 0.00000302. The Hall–Kier alpha value is -5.09. The summed E-state index contributed by atoms with van der Waals surface area (Å²) in [4.78, 5) is 8.97. The summed E-state index contributed by atoms with van der Waals surface area (Å²) in [7, 11) is 0. The zero-order valence-corrected chi connectivity index (χ0v) is 34.2. The Morgan fingerprint density at radius 1 is 0.786 bits per heavy atom. The molecular weight excluding hydrogens is 880 g/mol. The van der Waals surface area contributed by atoms with Gasteiger partial charge >= 0.3 is 27.1 Å². The molecule has 0 radical (unpaired) electrons. The average molecular weight is 931 g/mol. The van der Waals surface area contributed by atoms with Gasteiger partial charge in [0.05, 0.1) is 17.2 Å². The summed E-state index contributed by atoms with van der Waals surface area (Å²) < 4.78 is 74.5. The Bertz CT molecular complexity index is 2890. The van der Waals surface area contributed by atoms with Crippen LogP contribution in [0.3, 0.4) is 0 Å². The second-order valence-electron chi connectivity index (χ2n) is 16.2. The van der Waals surface area contributed by atoms with Crippen molar-refractivity contribution in [3.05, 3.63) is 149 Å². The predicted octanol–water partition coefficient (Wildman–Crippen LogP) is 12.5. The molecular formula is C48H47F2N5Pt+2. The monoisotopic (exact) mass is 930 g/mol. The Kier molecular flexibility index (Phi) is 9.32. The summed E-state index contributed by atoms with van der Waals surface area (Å²) in [5.74, 6) is -2.80. The van der Waals surface area contributed by atoms with Gasteiger partial charge in [0.1, 0.15) is 11.5 Å². The average Bonchev–Trinajstić information content (AvgIpc) is 3.75. The molecule has 0 atom stereocenters. The number of benzene rings is 4. The van der Waals surface area contributed by atoms with Crippen LogP contribution in [-0.2, 0) is 37.8 Å². The number of aromatic nitrogens is 3. The van der Waals surface area contributed by atoms with Gasteiger partial charge in [0, 0.05) is 35.6 Å². The van der Waals surface area contributed by atoms with Gasteiger partial charge < -0.3 is 4.57 Å². The van der Waals surface area contributed by atoms with Gasteiger partial charge in [-0.25, -0.2) is 13.8 Å². The number of hydrogen-bond donors (Lipinski definition) is 0. The maximum Gasteiger partial charge on any atom is 2.00 e. The minimum absolute atomic E-state index is 0. The van der Waals surface area contributed by atoms with E-state index in [4.69, 9.17) is 5.48 Å². The third-order valence-corrected chi connectivity index (χ3v) is 10.0. The zero-order chi connectivity index (χ0) is 41.6. The Labute approximate surface area is 349 Å². The maximum absolute atomic E-state index is 17.0. The normalized spacial score (nSPS) is 14.0. The van der Waals surface area contributed by atoms with Gasteiger partial charge in [-0.1, -0.05) is 126 Å². The fourth-order valence-corrected chi connectivity index (χ4v) is 7.19. The van der Waals surface area contributed by atoms with E-state index in [0.29, 0.717) is 16.9 Å². The van der Waals surface area contributed by atoms with E-state index >= 15 is 8.78 Å². The quantitative estimate of drug-likeness (QED) is 0.123. The molecule has 4 aromatic carbocycles. The molecule has 286 valence electrons. The molecule has 5 nitrogen and oxygen atoms in total. The standard InChI is InChI=1S/C47H43F2N5.CH4.Pt/c1-30(2)31-21-24-51-43(25-31)54-41-27-33(19-20-35(41)36-22-23-50-28-42(36)54)47(48,49)32-13-11-14-34(26-32)52-29-53(40-18-10-9-17-39(40)52)44-37(45(3,4)5)15-12-16-38(44)46(6,7)8;;/h9-25,28,30H,1-8H3;1H4;/q;;+2/i9D,10D,17D,18D;;. The summed E-state index contributed by atoms with van der Waals surface area (Å²) >= 11 is 0. The van der Waals surface area contributed by atoms with Crippen LogP contribution >= 0.6 is 0 Å². The SMILES string of the molecule is C.[2H]c1c([2H])c([2H])c2c(c1[2H])[N+](c1[c-]c(C(F)(F)c3[c-]c4c(cc3)c3ccncc3n4-c3cc(C(C)C)ccn3)ccc1)=C=[N+]2c1c(C(C)(C)C)cccc1C(C)(C)C.[Pt+2]. The second kappa shape index (κ2) is 14.8. The molecule has 7 aromatic rings. The van der Waals surface area contributed by atoms with Gasteiger partial charge in [0.25, 0.3) is 17.3 Å². The van der Waals surface area contributed by atoms with E-state index in [0.717, 1.165) is 33.2 Å². The van der Waals surface area contributed by atoms with Crippen molar-refractivity contribution in [2.75, 3.05) is 0 Å². The molecule has 0 fully saturated rings. The molecule has 0 unspecified atom stereocenters. The number of rotatable bonds is 6. The number of hydrogen-bond acceptors (Lipinski definition) is 2. The van der Waals surface area contributed by atoms with Gasteiger partial charge in [-0.05, 0) is 50.5 Å². The topological polar surface area (TPSA) is 36.7 Å². The van der Waals surface area contributed by atoms with Crippen LogP contribution in [0.25, 0.3) is 27.6 Å². The number of nitrogens with zero attached hydrogens (tertiary/aromatic N) is 5. The molecule has 0 aliphatic carbocycles. The van der Waals surface area contributed by atoms with Crippen LogP contribution < -0.4 is 9.15 Å². The van der Waals surface area contributed by atoms with E-state index in [1.54, 1.807) is 35.3 Å². The number of fused-ring (bicyclic) bond motifs is 4. The molecule has 56 heavy (non-hydrogen) atoms. The molecule has 3 aromatic heterocycles. The minimum Gasteiger partial charge on any atom is -0.318 e. The summed E-state index contributed by atoms with van der Waals surface area (Å²) in [5, 5.41) is 1.56. The minimum atomic E-state index is -3.59. The van der Waals surface area contributed by atoms with Gasteiger partial charge in [-0.2, -0.15) is 24.3 Å². The maximum atomic E-state index is 17.0. The van der Waals surface area contributed by atoms with Crippen molar-refractivity contribution < 1.29 is 35.3 Å². The van der Waals surface area contributed by atoms with Gasteiger partial charge in [-0.3, -0.25) is 4.98 Å². The van der Waals surface area contributed by atoms with E-state index in [1.807, 2.05) is 41.0 Å². The summed E-state index contributed by atoms with van der Waals surface area (Å²) in [6.45, 7) is 16.6. The first-order valence-electron chi connectivity index (χ1n) is 20.1. The summed E-state index contributed by atoms with van der Waals surface area (Å²) in [6, 6.07) is 27.1. The third kappa shape index (κ3) is 6.86. The van der Waals surface area contributed by atoms with Crippen LogP contribution in [0, 0.1) is 12.1 Å². The van der Waals surface area contributed by atoms with Crippen molar-refractivity contribution in [1.82, 2.24) is 23.7 Å². The molecule has 0 amide bonds. The van der Waals surface area contributed by atoms with Crippen LogP contribution in [0.4, 0.5) is 31.5 Å². The smallest absolute Gasteiger partial charge is 0.318 e. The Morgan fingerprint density at radius 3 is 2.09 bits per heavy atom. The molecule has 0 saturated carbocycles. The zero-order valence-electron chi connectivity index (χ0n) is 36.0. The van der Waals surface area contributed by atoms with Crippen LogP contribution in [0.5, 0.6) is 0 Å². The second-order valence-corrected chi connectivity index (χ2v) is 16.2. The largest absolute Gasteiger partial charge is 2.00 e. The number of para-hydroxylation sites is 3. The van der Waals surface area contributed by atoms with Crippen molar-refractivity contribution in [3.8, 4) is 5.82 Å². The van der Waals surface area contributed by atoms with Crippen LogP contribution in [0.2, 0.25) is 0 Å². The molecule has 0 saturated heterocycles. The number of halogens is 2.